The van der Waals surface area contributed by atoms with Crippen LogP contribution in [0.2, 0.25) is 0 Å². The third-order valence-electron chi connectivity index (χ3n) is 4.43. The average molecular weight is 388 g/mol. The molecule has 0 saturated carbocycles. The first-order chi connectivity index (χ1) is 13.7. The summed E-state index contributed by atoms with van der Waals surface area (Å²) < 4.78 is 11.8. The number of benzene rings is 3. The first-order valence-corrected chi connectivity index (χ1v) is 9.71. The zero-order valence-corrected chi connectivity index (χ0v) is 16.8. The lowest BCUT2D eigenvalue weighted by Gasteiger charge is -2.07. The largest absolute Gasteiger partial charge is 0.493 e. The van der Waals surface area contributed by atoms with Crippen LogP contribution in [0.5, 0.6) is 11.5 Å². The number of rotatable bonds is 5. The highest BCUT2D eigenvalue weighted by Crippen LogP contribution is 2.32. The van der Waals surface area contributed by atoms with E-state index in [2.05, 4.69) is 42.2 Å². The number of aryl methyl sites for hydroxylation is 1. The molecule has 4 aromatic rings. The van der Waals surface area contributed by atoms with Crippen molar-refractivity contribution in [3.05, 3.63) is 71.8 Å². The minimum Gasteiger partial charge on any atom is -0.493 e. The maximum atomic E-state index is 5.33. The van der Waals surface area contributed by atoms with Crippen molar-refractivity contribution in [2.24, 2.45) is 4.99 Å². The molecule has 0 spiro atoms. The highest BCUT2D eigenvalue weighted by molar-refractivity contribution is 7.21. The highest BCUT2D eigenvalue weighted by atomic mass is 32.1. The molecule has 28 heavy (non-hydrogen) atoms. The average Bonchev–Trinajstić information content (AvgIpc) is 3.15. The molecule has 0 N–H and O–H groups in total. The van der Waals surface area contributed by atoms with Gasteiger partial charge in [0.15, 0.2) is 11.5 Å². The Bertz CT molecular complexity index is 1150. The van der Waals surface area contributed by atoms with Gasteiger partial charge in [0.2, 0.25) is 0 Å². The van der Waals surface area contributed by atoms with Gasteiger partial charge in [0.25, 0.3) is 0 Å². The third-order valence-corrected chi connectivity index (χ3v) is 5.50. The van der Waals surface area contributed by atoms with Crippen LogP contribution in [0.25, 0.3) is 20.8 Å². The number of methoxy groups -OCH3 is 2. The lowest BCUT2D eigenvalue weighted by atomic mass is 10.2. The minimum atomic E-state index is 0.688. The van der Waals surface area contributed by atoms with Crippen molar-refractivity contribution < 1.29 is 9.47 Å². The van der Waals surface area contributed by atoms with Crippen molar-refractivity contribution in [2.45, 2.75) is 6.92 Å². The zero-order chi connectivity index (χ0) is 19.5. The van der Waals surface area contributed by atoms with Crippen LogP contribution in [0.4, 0.5) is 5.69 Å². The number of hydrogen-bond donors (Lipinski definition) is 0. The molecular formula is C23H20N2O2S. The van der Waals surface area contributed by atoms with E-state index < -0.39 is 0 Å². The fraction of sp³-hybridized carbons (Fsp3) is 0.130. The summed E-state index contributed by atoms with van der Waals surface area (Å²) >= 11 is 1.71. The van der Waals surface area contributed by atoms with Gasteiger partial charge in [0.05, 0.1) is 30.1 Å². The minimum absolute atomic E-state index is 0.688. The first-order valence-electron chi connectivity index (χ1n) is 8.90. The van der Waals surface area contributed by atoms with Crippen LogP contribution in [0.15, 0.2) is 65.7 Å². The number of nitrogens with zero attached hydrogens (tertiary/aromatic N) is 2. The van der Waals surface area contributed by atoms with E-state index in [9.17, 15) is 0 Å². The summed E-state index contributed by atoms with van der Waals surface area (Å²) in [5.41, 5.74) is 5.23. The van der Waals surface area contributed by atoms with Crippen LogP contribution in [0.1, 0.15) is 11.1 Å². The second-order valence-corrected chi connectivity index (χ2v) is 7.44. The number of thiazole rings is 1. The molecular weight excluding hydrogens is 368 g/mol. The van der Waals surface area contributed by atoms with E-state index >= 15 is 0 Å². The van der Waals surface area contributed by atoms with Crippen molar-refractivity contribution in [1.29, 1.82) is 0 Å². The predicted molar refractivity (Wildman–Crippen MR) is 117 cm³/mol. The van der Waals surface area contributed by atoms with Crippen LogP contribution < -0.4 is 9.47 Å². The van der Waals surface area contributed by atoms with E-state index in [-0.39, 0.29) is 0 Å². The molecule has 0 saturated heterocycles. The molecule has 0 fully saturated rings. The Hall–Kier alpha value is -3.18. The zero-order valence-electron chi connectivity index (χ0n) is 16.0. The monoisotopic (exact) mass is 388 g/mol. The second kappa shape index (κ2) is 7.82. The molecule has 0 aliphatic carbocycles. The first kappa shape index (κ1) is 18.2. The summed E-state index contributed by atoms with van der Waals surface area (Å²) in [5.74, 6) is 1.39. The van der Waals surface area contributed by atoms with Gasteiger partial charge in [-0.15, -0.1) is 11.3 Å². The molecule has 0 aliphatic rings. The molecule has 0 atom stereocenters. The van der Waals surface area contributed by atoms with Gasteiger partial charge in [0, 0.05) is 11.8 Å². The second-order valence-electron chi connectivity index (χ2n) is 6.41. The summed E-state index contributed by atoms with van der Waals surface area (Å²) in [4.78, 5) is 9.30. The fourth-order valence-electron chi connectivity index (χ4n) is 2.93. The highest BCUT2D eigenvalue weighted by Gasteiger charge is 2.07. The van der Waals surface area contributed by atoms with Crippen LogP contribution in [0, 0.1) is 6.92 Å². The molecule has 0 unspecified atom stereocenters. The topological polar surface area (TPSA) is 43.7 Å². The standard InChI is InChI=1S/C23H20N2O2S/c1-15-4-10-19-22(12-15)28-23(25-19)17-6-8-18(9-7-17)24-14-16-5-11-20(26-2)21(13-16)27-3/h4-14H,1-3H3. The molecule has 1 aromatic heterocycles. The molecule has 140 valence electrons. The summed E-state index contributed by atoms with van der Waals surface area (Å²) in [6.07, 6.45) is 1.82. The predicted octanol–water partition coefficient (Wildman–Crippen LogP) is 6.04. The van der Waals surface area contributed by atoms with Crippen LogP contribution >= 0.6 is 11.3 Å². The normalized spacial score (nSPS) is 11.2. The summed E-state index contributed by atoms with van der Waals surface area (Å²) in [7, 11) is 3.25. The Morgan fingerprint density at radius 1 is 0.893 bits per heavy atom. The number of fused-ring (bicyclic) bond motifs is 1. The smallest absolute Gasteiger partial charge is 0.161 e. The van der Waals surface area contributed by atoms with Crippen molar-refractivity contribution in [3.8, 4) is 22.1 Å². The Morgan fingerprint density at radius 3 is 2.43 bits per heavy atom. The summed E-state index contributed by atoms with van der Waals surface area (Å²) in [5, 5.41) is 1.02. The van der Waals surface area contributed by atoms with Crippen molar-refractivity contribution >= 4 is 33.5 Å². The maximum Gasteiger partial charge on any atom is 0.161 e. The quantitative estimate of drug-likeness (QED) is 0.392. The van der Waals surface area contributed by atoms with Crippen molar-refractivity contribution in [3.63, 3.8) is 0 Å². The van der Waals surface area contributed by atoms with Gasteiger partial charge in [-0.2, -0.15) is 0 Å². The van der Waals surface area contributed by atoms with Crippen LogP contribution in [0.3, 0.4) is 0 Å². The maximum absolute atomic E-state index is 5.33. The Morgan fingerprint density at radius 2 is 1.68 bits per heavy atom. The van der Waals surface area contributed by atoms with Gasteiger partial charge in [-0.3, -0.25) is 4.99 Å². The van der Waals surface area contributed by atoms with Crippen LogP contribution in [-0.2, 0) is 0 Å². The van der Waals surface area contributed by atoms with Gasteiger partial charge in [-0.05, 0) is 72.6 Å². The Balaban J connectivity index is 1.55. The number of aliphatic imine (C=N–C) groups is 1. The molecule has 0 amide bonds. The Kier molecular flexibility index (Phi) is 5.08. The van der Waals surface area contributed by atoms with E-state index in [0.29, 0.717) is 11.5 Å². The fourth-order valence-corrected chi connectivity index (χ4v) is 4.00. The number of hydrogen-bond acceptors (Lipinski definition) is 5. The SMILES string of the molecule is COc1ccc(C=Nc2ccc(-c3nc4ccc(C)cc4s3)cc2)cc1OC. The number of aromatic nitrogens is 1. The molecule has 3 aromatic carbocycles. The lowest BCUT2D eigenvalue weighted by Crippen LogP contribution is -1.91. The van der Waals surface area contributed by atoms with Gasteiger partial charge < -0.3 is 9.47 Å². The number of ether oxygens (including phenoxy) is 2. The molecule has 1 heterocycles. The van der Waals surface area contributed by atoms with E-state index in [1.54, 1.807) is 25.6 Å². The molecule has 0 radical (unpaired) electrons. The van der Waals surface area contributed by atoms with Gasteiger partial charge in [-0.25, -0.2) is 4.98 Å². The van der Waals surface area contributed by atoms with E-state index in [1.807, 2.05) is 36.5 Å². The van der Waals surface area contributed by atoms with Gasteiger partial charge in [0.1, 0.15) is 5.01 Å². The van der Waals surface area contributed by atoms with Crippen molar-refractivity contribution in [2.75, 3.05) is 14.2 Å². The van der Waals surface area contributed by atoms with Crippen molar-refractivity contribution in [1.82, 2.24) is 4.98 Å². The molecule has 0 bridgehead atoms. The van der Waals surface area contributed by atoms with E-state index in [4.69, 9.17) is 14.5 Å². The van der Waals surface area contributed by atoms with Crippen LogP contribution in [-0.4, -0.2) is 25.4 Å². The third kappa shape index (κ3) is 3.75. The molecule has 5 heteroatoms. The summed E-state index contributed by atoms with van der Waals surface area (Å²) in [6, 6.07) is 20.2. The Labute approximate surface area is 168 Å². The lowest BCUT2D eigenvalue weighted by molar-refractivity contribution is 0.355. The van der Waals surface area contributed by atoms with Gasteiger partial charge >= 0.3 is 0 Å². The molecule has 4 nitrogen and oxygen atoms in total. The van der Waals surface area contributed by atoms with E-state index in [1.165, 1.54) is 10.3 Å². The van der Waals surface area contributed by atoms with E-state index in [0.717, 1.165) is 27.3 Å². The van der Waals surface area contributed by atoms with Gasteiger partial charge in [-0.1, -0.05) is 6.07 Å². The molecule has 0 aliphatic heterocycles. The summed E-state index contributed by atoms with van der Waals surface area (Å²) in [6.45, 7) is 2.10. The molecule has 4 rings (SSSR count).